The molecule has 0 radical (unpaired) electrons. The maximum absolute atomic E-state index is 12.2. The topological polar surface area (TPSA) is 119 Å². The Balaban J connectivity index is 1.25. The van der Waals surface area contributed by atoms with E-state index in [4.69, 9.17) is 9.26 Å². The largest absolute Gasteiger partial charge is 0.368 e. The summed E-state index contributed by atoms with van der Waals surface area (Å²) < 4.78 is 12.4. The van der Waals surface area contributed by atoms with Crippen molar-refractivity contribution in [2.24, 2.45) is 0 Å². The minimum Gasteiger partial charge on any atom is -0.368 e. The standard InChI is InChI=1S/C20H19N7O3/c28-19(16-5-2-10-29-16)24-14-4-1-3-13(11-14)12-22-20-25-18(26-30-20)15-6-8-21-17-7-9-23-27(15)17/h1,3-4,6-9,11,16H,2,5,10,12H2,(H,24,28)(H,22,25,26). The summed E-state index contributed by atoms with van der Waals surface area (Å²) in [4.78, 5) is 20.8. The maximum Gasteiger partial charge on any atom is 0.322 e. The molecule has 0 bridgehead atoms. The van der Waals surface area contributed by atoms with Gasteiger partial charge in [0.25, 0.3) is 5.91 Å². The SMILES string of the molecule is O=C(Nc1cccc(CNc2nc(-c3ccnc4ccnn34)no2)c1)C1CCCO1. The molecule has 30 heavy (non-hydrogen) atoms. The molecule has 1 fully saturated rings. The monoisotopic (exact) mass is 405 g/mol. The van der Waals surface area contributed by atoms with Gasteiger partial charge in [-0.2, -0.15) is 10.1 Å². The maximum atomic E-state index is 12.2. The molecule has 4 aromatic rings. The lowest BCUT2D eigenvalue weighted by Gasteiger charge is -2.11. The van der Waals surface area contributed by atoms with Gasteiger partial charge in [-0.05, 0) is 36.6 Å². The van der Waals surface area contributed by atoms with E-state index in [1.54, 1.807) is 29.0 Å². The van der Waals surface area contributed by atoms with Crippen molar-refractivity contribution >= 4 is 23.3 Å². The predicted molar refractivity (Wildman–Crippen MR) is 108 cm³/mol. The van der Waals surface area contributed by atoms with Crippen LogP contribution in [0.4, 0.5) is 11.7 Å². The molecule has 3 aromatic heterocycles. The molecule has 1 unspecified atom stereocenters. The first kappa shape index (κ1) is 18.3. The summed E-state index contributed by atoms with van der Waals surface area (Å²) in [5.74, 6) is 0.299. The van der Waals surface area contributed by atoms with Crippen molar-refractivity contribution in [3.8, 4) is 11.5 Å². The van der Waals surface area contributed by atoms with Crippen molar-refractivity contribution in [2.75, 3.05) is 17.2 Å². The van der Waals surface area contributed by atoms with Crippen molar-refractivity contribution in [1.29, 1.82) is 0 Å². The van der Waals surface area contributed by atoms with Gasteiger partial charge in [0.05, 0.1) is 6.20 Å². The lowest BCUT2D eigenvalue weighted by molar-refractivity contribution is -0.124. The minimum absolute atomic E-state index is 0.110. The molecular weight excluding hydrogens is 386 g/mol. The van der Waals surface area contributed by atoms with Crippen LogP contribution in [0.2, 0.25) is 0 Å². The van der Waals surface area contributed by atoms with Gasteiger partial charge in [-0.15, -0.1) is 0 Å². The zero-order valence-corrected chi connectivity index (χ0v) is 16.0. The zero-order chi connectivity index (χ0) is 20.3. The summed E-state index contributed by atoms with van der Waals surface area (Å²) in [7, 11) is 0. The third-order valence-electron chi connectivity index (χ3n) is 4.81. The number of carbonyl (C=O) groups excluding carboxylic acids is 1. The van der Waals surface area contributed by atoms with Crippen LogP contribution >= 0.6 is 0 Å². The highest BCUT2D eigenvalue weighted by Crippen LogP contribution is 2.19. The zero-order valence-electron chi connectivity index (χ0n) is 16.0. The number of nitrogens with one attached hydrogen (secondary N) is 2. The Morgan fingerprint density at radius 2 is 2.20 bits per heavy atom. The number of ether oxygens (including phenoxy) is 1. The van der Waals surface area contributed by atoms with Gasteiger partial charge in [0.1, 0.15) is 11.8 Å². The fourth-order valence-electron chi connectivity index (χ4n) is 3.35. The quantitative estimate of drug-likeness (QED) is 0.502. The molecule has 2 N–H and O–H groups in total. The average Bonchev–Trinajstić information content (AvgIpc) is 3.54. The van der Waals surface area contributed by atoms with Crippen LogP contribution in [0.3, 0.4) is 0 Å². The van der Waals surface area contributed by atoms with Crippen LogP contribution in [0.15, 0.2) is 53.3 Å². The first-order chi connectivity index (χ1) is 14.8. The number of hydrogen-bond donors (Lipinski definition) is 2. The highest BCUT2D eigenvalue weighted by Gasteiger charge is 2.23. The number of amides is 1. The molecular formula is C20H19N7O3. The van der Waals surface area contributed by atoms with Gasteiger partial charge in [-0.25, -0.2) is 9.50 Å². The Morgan fingerprint density at radius 1 is 1.23 bits per heavy atom. The van der Waals surface area contributed by atoms with Crippen molar-refractivity contribution in [3.05, 3.63) is 54.4 Å². The second kappa shape index (κ2) is 7.91. The molecule has 10 heteroatoms. The molecule has 5 rings (SSSR count). The highest BCUT2D eigenvalue weighted by atomic mass is 16.5. The minimum atomic E-state index is -0.363. The summed E-state index contributed by atoms with van der Waals surface area (Å²) >= 11 is 0. The van der Waals surface area contributed by atoms with E-state index >= 15 is 0 Å². The summed E-state index contributed by atoms with van der Waals surface area (Å²) in [6.45, 7) is 1.10. The Bertz CT molecular complexity index is 1180. The van der Waals surface area contributed by atoms with Crippen molar-refractivity contribution in [2.45, 2.75) is 25.5 Å². The summed E-state index contributed by atoms with van der Waals surface area (Å²) in [5.41, 5.74) is 3.06. The van der Waals surface area contributed by atoms with E-state index in [-0.39, 0.29) is 18.0 Å². The summed E-state index contributed by atoms with van der Waals surface area (Å²) in [6.07, 6.45) is 4.65. The fourth-order valence-corrected chi connectivity index (χ4v) is 3.35. The van der Waals surface area contributed by atoms with Crippen LogP contribution in [0.5, 0.6) is 0 Å². The molecule has 0 saturated carbocycles. The molecule has 1 aromatic carbocycles. The predicted octanol–water partition coefficient (Wildman–Crippen LogP) is 2.51. The lowest BCUT2D eigenvalue weighted by atomic mass is 10.2. The van der Waals surface area contributed by atoms with E-state index in [1.807, 2.05) is 24.3 Å². The summed E-state index contributed by atoms with van der Waals surface area (Å²) in [6, 6.07) is 11.4. The first-order valence-corrected chi connectivity index (χ1v) is 9.64. The number of aromatic nitrogens is 5. The van der Waals surface area contributed by atoms with E-state index in [0.29, 0.717) is 30.3 Å². The van der Waals surface area contributed by atoms with E-state index in [0.717, 1.165) is 24.1 Å². The van der Waals surface area contributed by atoms with Crippen LogP contribution < -0.4 is 10.6 Å². The van der Waals surface area contributed by atoms with Gasteiger partial charge >= 0.3 is 6.01 Å². The second-order valence-corrected chi connectivity index (χ2v) is 6.90. The molecule has 152 valence electrons. The third-order valence-corrected chi connectivity index (χ3v) is 4.81. The average molecular weight is 405 g/mol. The molecule has 1 amide bonds. The van der Waals surface area contributed by atoms with E-state index in [2.05, 4.69) is 30.9 Å². The smallest absolute Gasteiger partial charge is 0.322 e. The van der Waals surface area contributed by atoms with Crippen LogP contribution in [0.25, 0.3) is 17.2 Å². The normalized spacial score (nSPS) is 16.1. The molecule has 0 aliphatic carbocycles. The highest BCUT2D eigenvalue weighted by molar-refractivity contribution is 5.94. The molecule has 4 heterocycles. The molecule has 0 spiro atoms. The molecule has 1 atom stereocenters. The Hall–Kier alpha value is -3.79. The number of anilines is 2. The van der Waals surface area contributed by atoms with Gasteiger partial charge < -0.3 is 19.9 Å². The number of rotatable bonds is 6. The molecule has 10 nitrogen and oxygen atoms in total. The van der Waals surface area contributed by atoms with E-state index in [9.17, 15) is 4.79 Å². The summed E-state index contributed by atoms with van der Waals surface area (Å²) in [5, 5.41) is 14.3. The Labute approximate surface area is 171 Å². The lowest BCUT2D eigenvalue weighted by Crippen LogP contribution is -2.26. The van der Waals surface area contributed by atoms with Gasteiger partial charge in [0.2, 0.25) is 5.82 Å². The second-order valence-electron chi connectivity index (χ2n) is 6.90. The first-order valence-electron chi connectivity index (χ1n) is 9.64. The number of carbonyl (C=O) groups is 1. The Kier molecular flexibility index (Phi) is 4.81. The van der Waals surface area contributed by atoms with Gasteiger partial charge in [0.15, 0.2) is 5.65 Å². The number of nitrogens with zero attached hydrogens (tertiary/aromatic N) is 5. The van der Waals surface area contributed by atoms with Gasteiger partial charge in [-0.1, -0.05) is 17.3 Å². The van der Waals surface area contributed by atoms with E-state index < -0.39 is 0 Å². The number of fused-ring (bicyclic) bond motifs is 1. The van der Waals surface area contributed by atoms with Crippen molar-refractivity contribution in [3.63, 3.8) is 0 Å². The molecule has 1 saturated heterocycles. The van der Waals surface area contributed by atoms with Crippen LogP contribution in [-0.4, -0.2) is 43.4 Å². The van der Waals surface area contributed by atoms with Crippen molar-refractivity contribution < 1.29 is 14.1 Å². The molecule has 1 aliphatic heterocycles. The van der Waals surface area contributed by atoms with Gasteiger partial charge in [0, 0.05) is 31.1 Å². The number of hydrogen-bond acceptors (Lipinski definition) is 8. The van der Waals surface area contributed by atoms with E-state index in [1.165, 1.54) is 0 Å². The number of benzene rings is 1. The fraction of sp³-hybridized carbons (Fsp3) is 0.250. The van der Waals surface area contributed by atoms with Crippen LogP contribution in [0.1, 0.15) is 18.4 Å². The molecule has 1 aliphatic rings. The van der Waals surface area contributed by atoms with Gasteiger partial charge in [-0.3, -0.25) is 4.79 Å². The van der Waals surface area contributed by atoms with Crippen molar-refractivity contribution in [1.82, 2.24) is 24.7 Å². The Morgan fingerprint density at radius 3 is 3.10 bits per heavy atom. The van der Waals surface area contributed by atoms with Crippen LogP contribution in [-0.2, 0) is 16.1 Å². The van der Waals surface area contributed by atoms with Crippen LogP contribution in [0, 0.1) is 0 Å². The third kappa shape index (κ3) is 3.72.